The summed E-state index contributed by atoms with van der Waals surface area (Å²) < 4.78 is 1.37. The molecule has 6 heteroatoms. The van der Waals surface area contributed by atoms with Crippen LogP contribution < -0.4 is 10.9 Å². The van der Waals surface area contributed by atoms with Crippen LogP contribution in [0.3, 0.4) is 0 Å². The Labute approximate surface area is 125 Å². The van der Waals surface area contributed by atoms with Gasteiger partial charge in [-0.15, -0.1) is 0 Å². The number of anilines is 1. The molecule has 1 aromatic rings. The summed E-state index contributed by atoms with van der Waals surface area (Å²) in [5.41, 5.74) is 0.286. The van der Waals surface area contributed by atoms with Crippen molar-refractivity contribution in [2.45, 2.75) is 46.1 Å². The molecule has 0 saturated heterocycles. The minimum atomic E-state index is -0.277. The fourth-order valence-corrected chi connectivity index (χ4v) is 2.33. The molecule has 1 aromatic heterocycles. The maximum atomic E-state index is 12.0. The Kier molecular flexibility index (Phi) is 7.02. The van der Waals surface area contributed by atoms with Gasteiger partial charge in [-0.05, 0) is 32.6 Å². The molecule has 0 amide bonds. The van der Waals surface area contributed by atoms with Crippen molar-refractivity contribution in [3.05, 3.63) is 21.6 Å². The van der Waals surface area contributed by atoms with Crippen molar-refractivity contribution >= 4 is 17.3 Å². The zero-order valence-corrected chi connectivity index (χ0v) is 13.2. The number of rotatable bonds is 8. The van der Waals surface area contributed by atoms with Crippen molar-refractivity contribution < 1.29 is 5.11 Å². The molecule has 0 aliphatic carbocycles. The monoisotopic (exact) mass is 301 g/mol. The number of nitrogens with zero attached hydrogens (tertiary/aromatic N) is 2. The van der Waals surface area contributed by atoms with E-state index in [4.69, 9.17) is 16.7 Å². The Morgan fingerprint density at radius 3 is 2.70 bits per heavy atom. The Hall–Kier alpha value is -1.07. The fourth-order valence-electron chi connectivity index (χ4n) is 2.13. The number of aliphatic hydroxyl groups excluding tert-OH is 1. The van der Waals surface area contributed by atoms with E-state index in [1.54, 1.807) is 6.20 Å². The van der Waals surface area contributed by atoms with Crippen LogP contribution in [0, 0.1) is 5.92 Å². The largest absolute Gasteiger partial charge is 0.396 e. The first-order valence-corrected chi connectivity index (χ1v) is 7.51. The quantitative estimate of drug-likeness (QED) is 0.775. The summed E-state index contributed by atoms with van der Waals surface area (Å²) in [6.45, 7) is 6.74. The lowest BCUT2D eigenvalue weighted by molar-refractivity contribution is 0.255. The smallest absolute Gasteiger partial charge is 0.287 e. The summed E-state index contributed by atoms with van der Waals surface area (Å²) in [6.07, 6.45) is 4.43. The summed E-state index contributed by atoms with van der Waals surface area (Å²) in [6, 6.07) is -0.0173. The summed E-state index contributed by atoms with van der Waals surface area (Å²) in [7, 11) is 0. The van der Waals surface area contributed by atoms with Crippen LogP contribution in [-0.2, 0) is 0 Å². The van der Waals surface area contributed by atoms with E-state index in [9.17, 15) is 4.79 Å². The fraction of sp³-hybridized carbons (Fsp3) is 0.714. The summed E-state index contributed by atoms with van der Waals surface area (Å²) in [5.74, 6) is 0.369. The molecule has 2 N–H and O–H groups in total. The molecule has 1 unspecified atom stereocenters. The minimum Gasteiger partial charge on any atom is -0.396 e. The van der Waals surface area contributed by atoms with Crippen LogP contribution in [0.1, 0.15) is 46.1 Å². The highest BCUT2D eigenvalue weighted by Crippen LogP contribution is 2.18. The summed E-state index contributed by atoms with van der Waals surface area (Å²) in [4.78, 5) is 12.0. The van der Waals surface area contributed by atoms with Crippen molar-refractivity contribution in [3.63, 3.8) is 0 Å². The number of hydrogen-bond acceptors (Lipinski definition) is 4. The van der Waals surface area contributed by atoms with E-state index in [0.29, 0.717) is 18.2 Å². The molecular weight excluding hydrogens is 278 g/mol. The van der Waals surface area contributed by atoms with Gasteiger partial charge in [0.15, 0.2) is 0 Å². The first kappa shape index (κ1) is 17.0. The molecule has 0 radical (unpaired) electrons. The first-order valence-electron chi connectivity index (χ1n) is 7.13. The molecule has 0 bridgehead atoms. The number of halogens is 1. The highest BCUT2D eigenvalue weighted by Gasteiger charge is 2.13. The highest BCUT2D eigenvalue weighted by molar-refractivity contribution is 6.32. The second kappa shape index (κ2) is 8.27. The van der Waals surface area contributed by atoms with Crippen LogP contribution in [0.4, 0.5) is 5.69 Å². The maximum Gasteiger partial charge on any atom is 0.287 e. The summed E-state index contributed by atoms with van der Waals surface area (Å²) in [5, 5.41) is 16.5. The third kappa shape index (κ3) is 4.49. The van der Waals surface area contributed by atoms with E-state index in [1.807, 2.05) is 13.8 Å². The molecule has 1 heterocycles. The Morgan fingerprint density at radius 1 is 1.45 bits per heavy atom. The second-order valence-corrected chi connectivity index (χ2v) is 5.64. The molecule has 0 aliphatic heterocycles. The zero-order chi connectivity index (χ0) is 15.1. The lowest BCUT2D eigenvalue weighted by atomic mass is 10.0. The second-order valence-electron chi connectivity index (χ2n) is 5.26. The molecule has 0 aromatic carbocycles. The molecular formula is C14H24ClN3O2. The molecule has 0 spiro atoms. The average Bonchev–Trinajstić information content (AvgIpc) is 2.40. The topological polar surface area (TPSA) is 67.2 Å². The lowest BCUT2D eigenvalue weighted by Crippen LogP contribution is -2.26. The van der Waals surface area contributed by atoms with Gasteiger partial charge in [-0.1, -0.05) is 24.9 Å². The standard InChI is InChI=1S/C14H24ClN3O2/c1-4-5-11(6-7-19)8-16-12-9-17-18(10(2)3)14(20)13(12)15/h9-11,16,19H,4-8H2,1-3H3. The van der Waals surface area contributed by atoms with Gasteiger partial charge < -0.3 is 10.4 Å². The van der Waals surface area contributed by atoms with Crippen molar-refractivity contribution in [1.29, 1.82) is 0 Å². The lowest BCUT2D eigenvalue weighted by Gasteiger charge is -2.17. The minimum absolute atomic E-state index is 0.0173. The number of aromatic nitrogens is 2. The van der Waals surface area contributed by atoms with Gasteiger partial charge in [0.1, 0.15) is 5.02 Å². The Bertz CT molecular complexity index is 468. The molecule has 0 aliphatic rings. The molecule has 0 saturated carbocycles. The van der Waals surface area contributed by atoms with E-state index in [1.165, 1.54) is 4.68 Å². The van der Waals surface area contributed by atoms with Gasteiger partial charge in [0.2, 0.25) is 0 Å². The Balaban J connectivity index is 2.78. The number of aliphatic hydroxyl groups is 1. The number of nitrogens with one attached hydrogen (secondary N) is 1. The predicted molar refractivity (Wildman–Crippen MR) is 82.5 cm³/mol. The van der Waals surface area contributed by atoms with E-state index < -0.39 is 0 Å². The molecule has 114 valence electrons. The van der Waals surface area contributed by atoms with Gasteiger partial charge >= 0.3 is 0 Å². The van der Waals surface area contributed by atoms with Crippen LogP contribution in [0.25, 0.3) is 0 Å². The van der Waals surface area contributed by atoms with Gasteiger partial charge in [0.05, 0.1) is 17.9 Å². The van der Waals surface area contributed by atoms with Crippen molar-refractivity contribution in [2.75, 3.05) is 18.5 Å². The first-order chi connectivity index (χ1) is 9.51. The average molecular weight is 302 g/mol. The van der Waals surface area contributed by atoms with Gasteiger partial charge in [-0.2, -0.15) is 5.10 Å². The van der Waals surface area contributed by atoms with Crippen LogP contribution in [0.15, 0.2) is 11.0 Å². The van der Waals surface area contributed by atoms with Crippen LogP contribution in [0.2, 0.25) is 5.02 Å². The van der Waals surface area contributed by atoms with Gasteiger partial charge in [-0.25, -0.2) is 4.68 Å². The van der Waals surface area contributed by atoms with Crippen LogP contribution >= 0.6 is 11.6 Å². The van der Waals surface area contributed by atoms with E-state index in [2.05, 4.69) is 17.3 Å². The third-order valence-corrected chi connectivity index (χ3v) is 3.61. The van der Waals surface area contributed by atoms with Crippen molar-refractivity contribution in [1.82, 2.24) is 9.78 Å². The van der Waals surface area contributed by atoms with Crippen LogP contribution in [0.5, 0.6) is 0 Å². The molecule has 1 atom stereocenters. The number of hydrogen-bond donors (Lipinski definition) is 2. The van der Waals surface area contributed by atoms with Crippen molar-refractivity contribution in [2.24, 2.45) is 5.92 Å². The third-order valence-electron chi connectivity index (χ3n) is 3.25. The van der Waals surface area contributed by atoms with E-state index in [-0.39, 0.29) is 23.2 Å². The molecule has 20 heavy (non-hydrogen) atoms. The molecule has 5 nitrogen and oxygen atoms in total. The SMILES string of the molecule is CCCC(CCO)CNc1cnn(C(C)C)c(=O)c1Cl. The molecule has 1 rings (SSSR count). The maximum absolute atomic E-state index is 12.0. The van der Waals surface area contributed by atoms with Gasteiger partial charge in [0.25, 0.3) is 5.56 Å². The summed E-state index contributed by atoms with van der Waals surface area (Å²) >= 11 is 6.09. The van der Waals surface area contributed by atoms with Gasteiger partial charge in [0, 0.05) is 13.2 Å². The van der Waals surface area contributed by atoms with E-state index in [0.717, 1.165) is 19.3 Å². The molecule has 0 fully saturated rings. The predicted octanol–water partition coefficient (Wildman–Crippen LogP) is 2.69. The normalized spacial score (nSPS) is 12.7. The highest BCUT2D eigenvalue weighted by atomic mass is 35.5. The Morgan fingerprint density at radius 2 is 2.15 bits per heavy atom. The van der Waals surface area contributed by atoms with Crippen LogP contribution in [-0.4, -0.2) is 28.0 Å². The van der Waals surface area contributed by atoms with E-state index >= 15 is 0 Å². The zero-order valence-electron chi connectivity index (χ0n) is 12.4. The van der Waals surface area contributed by atoms with Crippen molar-refractivity contribution in [3.8, 4) is 0 Å². The van der Waals surface area contributed by atoms with Gasteiger partial charge in [-0.3, -0.25) is 4.79 Å².